The van der Waals surface area contributed by atoms with E-state index < -0.39 is 5.97 Å². The van der Waals surface area contributed by atoms with Crippen molar-refractivity contribution in [2.45, 2.75) is 12.4 Å². The summed E-state index contributed by atoms with van der Waals surface area (Å²) in [5.74, 6) is -0.833. The summed E-state index contributed by atoms with van der Waals surface area (Å²) in [6.07, 6.45) is 0. The Kier molecular flexibility index (Phi) is 14.7. The van der Waals surface area contributed by atoms with Gasteiger partial charge in [0.05, 0.1) is 0 Å². The van der Waals surface area contributed by atoms with Crippen LogP contribution in [0, 0.1) is 0 Å². The SMILES string of the molecule is CC(=O)O.[CH3][Zn][Br]. The molecule has 0 radical (unpaired) electrons. The average Bonchev–Trinajstić information content (AvgIpc) is 1.33. The van der Waals surface area contributed by atoms with E-state index in [4.69, 9.17) is 9.90 Å². The number of carboxylic acid groups (broad SMARTS) is 1. The van der Waals surface area contributed by atoms with Gasteiger partial charge in [-0.2, -0.15) is 0 Å². The molecule has 0 aliphatic carbocycles. The fraction of sp³-hybridized carbons (Fsp3) is 0.667. The molecule has 0 aromatic carbocycles. The Morgan fingerprint density at radius 1 is 1.86 bits per heavy atom. The molecule has 4 heteroatoms. The van der Waals surface area contributed by atoms with Crippen LogP contribution in [0.25, 0.3) is 0 Å². The van der Waals surface area contributed by atoms with Gasteiger partial charge in [0.25, 0.3) is 5.97 Å². The van der Waals surface area contributed by atoms with Gasteiger partial charge in [-0.25, -0.2) is 0 Å². The molecular weight excluding hydrogens is 213 g/mol. The summed E-state index contributed by atoms with van der Waals surface area (Å²) < 4.78 is 0. The van der Waals surface area contributed by atoms with Gasteiger partial charge in [0.15, 0.2) is 0 Å². The monoisotopic (exact) mass is 218 g/mol. The van der Waals surface area contributed by atoms with Crippen LogP contribution in [0.1, 0.15) is 6.92 Å². The molecule has 2 nitrogen and oxygen atoms in total. The predicted molar refractivity (Wildman–Crippen MR) is 28.1 cm³/mol. The van der Waals surface area contributed by atoms with E-state index in [9.17, 15) is 0 Å². The quantitative estimate of drug-likeness (QED) is 0.628. The summed E-state index contributed by atoms with van der Waals surface area (Å²) >= 11 is 3.27. The molecule has 0 heterocycles. The van der Waals surface area contributed by atoms with Crippen molar-refractivity contribution >= 4 is 19.6 Å². The maximum atomic E-state index is 9.00. The summed E-state index contributed by atoms with van der Waals surface area (Å²) in [6, 6.07) is 0. The van der Waals surface area contributed by atoms with Gasteiger partial charge >= 0.3 is 34.3 Å². The van der Waals surface area contributed by atoms with Gasteiger partial charge in [-0.1, -0.05) is 0 Å². The van der Waals surface area contributed by atoms with E-state index in [0.717, 1.165) is 6.92 Å². The molecule has 7 heavy (non-hydrogen) atoms. The minimum atomic E-state index is -0.833. The number of carboxylic acids is 1. The van der Waals surface area contributed by atoms with E-state index in [2.05, 4.69) is 19.1 Å². The van der Waals surface area contributed by atoms with Crippen LogP contribution in [0.5, 0.6) is 0 Å². The van der Waals surface area contributed by atoms with E-state index in [1.807, 2.05) is 0 Å². The van der Waals surface area contributed by atoms with Gasteiger partial charge in [0.2, 0.25) is 0 Å². The first-order chi connectivity index (χ1) is 3.15. The molecule has 0 rings (SSSR count). The van der Waals surface area contributed by atoms with Crippen LogP contribution in [0.2, 0.25) is 5.52 Å². The summed E-state index contributed by atoms with van der Waals surface area (Å²) in [6.45, 7) is 1.08. The summed E-state index contributed by atoms with van der Waals surface area (Å²) in [5.41, 5.74) is 2.23. The van der Waals surface area contributed by atoms with Crippen LogP contribution in [0.4, 0.5) is 0 Å². The van der Waals surface area contributed by atoms with Crippen molar-refractivity contribution in [2.75, 3.05) is 0 Å². The second kappa shape index (κ2) is 9.76. The third-order valence-electron chi connectivity index (χ3n) is 0. The zero-order valence-electron chi connectivity index (χ0n) is 4.44. The fourth-order valence-corrected chi connectivity index (χ4v) is 0. The Hall–Kier alpha value is 0.573. The Balaban J connectivity index is 0. The van der Waals surface area contributed by atoms with Crippen molar-refractivity contribution in [1.29, 1.82) is 0 Å². The Bertz CT molecular complexity index is 44.2. The zero-order chi connectivity index (χ0) is 6.28. The van der Waals surface area contributed by atoms with Crippen molar-refractivity contribution in [3.8, 4) is 0 Å². The molecular formula is C3H7BrO2Zn. The molecule has 0 aliphatic rings. The van der Waals surface area contributed by atoms with Crippen LogP contribution in [0.3, 0.4) is 0 Å². The fourth-order valence-electron chi connectivity index (χ4n) is 0. The van der Waals surface area contributed by atoms with Gasteiger partial charge < -0.3 is 5.11 Å². The molecule has 0 amide bonds. The van der Waals surface area contributed by atoms with Crippen LogP contribution in [-0.4, -0.2) is 11.1 Å². The van der Waals surface area contributed by atoms with Crippen LogP contribution >= 0.6 is 13.6 Å². The van der Waals surface area contributed by atoms with E-state index >= 15 is 0 Å². The molecule has 0 aliphatic heterocycles. The summed E-state index contributed by atoms with van der Waals surface area (Å²) in [5, 5.41) is 7.42. The molecule has 0 aromatic rings. The van der Waals surface area contributed by atoms with Gasteiger partial charge in [-0.3, -0.25) is 4.79 Å². The number of hydrogen-bond acceptors (Lipinski definition) is 1. The first-order valence-corrected chi connectivity index (χ1v) is 11.8. The van der Waals surface area contributed by atoms with Gasteiger partial charge in [-0.15, -0.1) is 0 Å². The van der Waals surface area contributed by atoms with Crippen LogP contribution < -0.4 is 0 Å². The molecule has 0 saturated carbocycles. The van der Waals surface area contributed by atoms with E-state index in [1.165, 1.54) is 0 Å². The molecule has 0 spiro atoms. The first kappa shape index (κ1) is 10.5. The third kappa shape index (κ3) is 418. The van der Waals surface area contributed by atoms with Crippen molar-refractivity contribution in [3.05, 3.63) is 0 Å². The number of carbonyl (C=O) groups is 1. The predicted octanol–water partition coefficient (Wildman–Crippen LogP) is 1.52. The molecule has 0 unspecified atom stereocenters. The normalized spacial score (nSPS) is 5.00. The number of halogens is 1. The molecule has 0 atom stereocenters. The number of aliphatic carboxylic acids is 1. The van der Waals surface area contributed by atoms with Crippen LogP contribution in [-0.2, 0) is 20.0 Å². The second-order valence-electron chi connectivity index (χ2n) is 0.786. The second-order valence-corrected chi connectivity index (χ2v) is 7.74. The van der Waals surface area contributed by atoms with Crippen molar-refractivity contribution in [2.24, 2.45) is 0 Å². The van der Waals surface area contributed by atoms with Gasteiger partial charge in [0.1, 0.15) is 0 Å². The van der Waals surface area contributed by atoms with Crippen molar-refractivity contribution < 1.29 is 25.1 Å². The summed E-state index contributed by atoms with van der Waals surface area (Å²) in [7, 11) is 0. The van der Waals surface area contributed by atoms with E-state index in [0.29, 0.717) is 0 Å². The number of hydrogen-bond donors (Lipinski definition) is 1. The van der Waals surface area contributed by atoms with Crippen LogP contribution in [0.15, 0.2) is 0 Å². The summed E-state index contributed by atoms with van der Waals surface area (Å²) in [4.78, 5) is 9.00. The zero-order valence-corrected chi connectivity index (χ0v) is 8.99. The number of rotatable bonds is 0. The minimum absolute atomic E-state index is 0.0625. The van der Waals surface area contributed by atoms with E-state index in [1.54, 1.807) is 0 Å². The molecule has 0 bridgehead atoms. The molecule has 0 saturated heterocycles. The molecule has 40 valence electrons. The Morgan fingerprint density at radius 2 is 1.86 bits per heavy atom. The van der Waals surface area contributed by atoms with Crippen molar-refractivity contribution in [3.63, 3.8) is 0 Å². The van der Waals surface area contributed by atoms with Gasteiger partial charge in [0, 0.05) is 6.92 Å². The van der Waals surface area contributed by atoms with Gasteiger partial charge in [-0.05, 0) is 0 Å². The third-order valence-corrected chi connectivity index (χ3v) is 0. The first-order valence-electron chi connectivity index (χ1n) is 1.90. The Labute approximate surface area is 57.2 Å². The molecule has 1 N–H and O–H groups in total. The van der Waals surface area contributed by atoms with E-state index in [-0.39, 0.29) is 15.2 Å². The average molecular weight is 220 g/mol. The molecule has 0 aromatic heterocycles. The van der Waals surface area contributed by atoms with Crippen molar-refractivity contribution in [1.82, 2.24) is 0 Å². The molecule has 0 fully saturated rings. The maximum absolute atomic E-state index is 9.00. The Morgan fingerprint density at radius 3 is 1.86 bits per heavy atom. The standard InChI is InChI=1S/C2H4O2.CH3.BrH.Zn/c1-2(3)4;;;/h1H3,(H,3,4);1H3;1H;/q;;;+1/p-1. The topological polar surface area (TPSA) is 37.3 Å².